The van der Waals surface area contributed by atoms with E-state index in [2.05, 4.69) is 25.6 Å². The predicted octanol–water partition coefficient (Wildman–Crippen LogP) is 4.99. The van der Waals surface area contributed by atoms with Gasteiger partial charge in [-0.25, -0.2) is 19.2 Å². The molecule has 3 aromatic rings. The highest BCUT2D eigenvalue weighted by atomic mass is 19.4. The van der Waals surface area contributed by atoms with Crippen LogP contribution in [-0.2, 0) is 0 Å². The summed E-state index contributed by atoms with van der Waals surface area (Å²) in [6.07, 6.45) is -1.73. The van der Waals surface area contributed by atoms with Crippen molar-refractivity contribution in [2.45, 2.75) is 25.9 Å². The van der Waals surface area contributed by atoms with E-state index in [4.69, 9.17) is 0 Å². The number of fused-ring (bicyclic) bond motifs is 1. The van der Waals surface area contributed by atoms with Crippen LogP contribution in [0.4, 0.5) is 34.0 Å². The van der Waals surface area contributed by atoms with Gasteiger partial charge in [0.1, 0.15) is 5.82 Å². The third-order valence-electron chi connectivity index (χ3n) is 5.62. The zero-order chi connectivity index (χ0) is 23.8. The van der Waals surface area contributed by atoms with Crippen LogP contribution in [0.5, 0.6) is 0 Å². The Balaban J connectivity index is 1.55. The topological polar surface area (TPSA) is 83.0 Å². The molecule has 11 heteroatoms. The summed E-state index contributed by atoms with van der Waals surface area (Å²) in [5.74, 6) is -0.847. The second-order valence-corrected chi connectivity index (χ2v) is 8.08. The molecule has 1 aromatic carbocycles. The summed E-state index contributed by atoms with van der Waals surface area (Å²) in [7, 11) is 1.70. The number of urea groups is 1. The summed E-state index contributed by atoms with van der Waals surface area (Å²) in [6, 6.07) is 3.98. The Labute approximate surface area is 187 Å². The maximum atomic E-state index is 14.6. The number of anilines is 2. The largest absolute Gasteiger partial charge is 0.389 e. The van der Waals surface area contributed by atoms with Gasteiger partial charge in [0.15, 0.2) is 5.65 Å². The van der Waals surface area contributed by atoms with Crippen molar-refractivity contribution < 1.29 is 22.4 Å². The van der Waals surface area contributed by atoms with Crippen LogP contribution in [0.25, 0.3) is 22.2 Å². The van der Waals surface area contributed by atoms with Crippen LogP contribution in [0.2, 0.25) is 0 Å². The molecule has 0 radical (unpaired) electrons. The zero-order valence-corrected chi connectivity index (χ0v) is 18.0. The summed E-state index contributed by atoms with van der Waals surface area (Å²) >= 11 is 0. The molecule has 1 saturated heterocycles. The van der Waals surface area contributed by atoms with Gasteiger partial charge in [0.25, 0.3) is 0 Å². The molecule has 2 amide bonds. The summed E-state index contributed by atoms with van der Waals surface area (Å²) in [4.78, 5) is 26.6. The number of hydrogen-bond acceptors (Lipinski definition) is 5. The van der Waals surface area contributed by atoms with Crippen LogP contribution in [0, 0.1) is 18.7 Å². The molecule has 0 spiro atoms. The van der Waals surface area contributed by atoms with Crippen molar-refractivity contribution in [2.24, 2.45) is 5.92 Å². The van der Waals surface area contributed by atoms with Crippen molar-refractivity contribution in [1.29, 1.82) is 0 Å². The van der Waals surface area contributed by atoms with E-state index in [1.165, 1.54) is 17.0 Å². The van der Waals surface area contributed by atoms with Gasteiger partial charge in [0.2, 0.25) is 5.95 Å². The normalized spacial score (nSPS) is 16.3. The first-order valence-corrected chi connectivity index (χ1v) is 10.4. The van der Waals surface area contributed by atoms with E-state index in [0.29, 0.717) is 33.7 Å². The minimum absolute atomic E-state index is 0.0190. The fraction of sp³-hybridized carbons (Fsp3) is 0.364. The van der Waals surface area contributed by atoms with Gasteiger partial charge in [-0.05, 0) is 48.6 Å². The van der Waals surface area contributed by atoms with Gasteiger partial charge < -0.3 is 15.5 Å². The number of aryl methyl sites for hydroxylation is 1. The average Bonchev–Trinajstić information content (AvgIpc) is 3.21. The highest BCUT2D eigenvalue weighted by molar-refractivity contribution is 5.91. The lowest BCUT2D eigenvalue weighted by molar-refractivity contribution is -0.143. The van der Waals surface area contributed by atoms with E-state index in [1.54, 1.807) is 26.4 Å². The van der Waals surface area contributed by atoms with Crippen LogP contribution >= 0.6 is 0 Å². The van der Waals surface area contributed by atoms with Gasteiger partial charge in [-0.2, -0.15) is 18.2 Å². The van der Waals surface area contributed by atoms with E-state index in [1.807, 2.05) is 6.07 Å². The van der Waals surface area contributed by atoms with E-state index in [0.717, 1.165) is 0 Å². The maximum Gasteiger partial charge on any atom is 0.389 e. The van der Waals surface area contributed by atoms with E-state index < -0.39 is 30.4 Å². The van der Waals surface area contributed by atoms with Gasteiger partial charge in [-0.15, -0.1) is 0 Å². The maximum absolute atomic E-state index is 14.6. The van der Waals surface area contributed by atoms with E-state index >= 15 is 0 Å². The number of pyridine rings is 1. The minimum Gasteiger partial charge on any atom is -0.357 e. The van der Waals surface area contributed by atoms with Crippen LogP contribution in [0.15, 0.2) is 30.6 Å². The number of nitrogens with one attached hydrogen (secondary N) is 2. The Hall–Kier alpha value is -3.50. The van der Waals surface area contributed by atoms with Crippen LogP contribution in [-0.4, -0.2) is 52.2 Å². The van der Waals surface area contributed by atoms with E-state index in [9.17, 15) is 22.4 Å². The molecule has 0 saturated carbocycles. The Morgan fingerprint density at radius 2 is 2.00 bits per heavy atom. The van der Waals surface area contributed by atoms with E-state index in [-0.39, 0.29) is 25.2 Å². The lowest BCUT2D eigenvalue weighted by Crippen LogP contribution is -2.33. The first-order chi connectivity index (χ1) is 15.6. The van der Waals surface area contributed by atoms with Crippen molar-refractivity contribution in [1.82, 2.24) is 19.9 Å². The first-order valence-electron chi connectivity index (χ1n) is 10.4. The molecule has 4 rings (SSSR count). The molecule has 1 fully saturated rings. The third-order valence-corrected chi connectivity index (χ3v) is 5.62. The molecule has 3 heterocycles. The molecule has 1 atom stereocenters. The lowest BCUT2D eigenvalue weighted by atomic mass is 10.0. The average molecular weight is 462 g/mol. The van der Waals surface area contributed by atoms with Gasteiger partial charge >= 0.3 is 12.2 Å². The molecule has 1 aliphatic rings. The number of alkyl halides is 3. The van der Waals surface area contributed by atoms with Crippen molar-refractivity contribution in [2.75, 3.05) is 30.8 Å². The quantitative estimate of drug-likeness (QED) is 0.534. The fourth-order valence-corrected chi connectivity index (χ4v) is 3.98. The van der Waals surface area contributed by atoms with Crippen LogP contribution in [0.1, 0.15) is 18.4 Å². The Bertz CT molecular complexity index is 1200. The smallest absolute Gasteiger partial charge is 0.357 e. The molecule has 2 N–H and O–H groups in total. The predicted molar refractivity (Wildman–Crippen MR) is 116 cm³/mol. The molecule has 0 bridgehead atoms. The first kappa shape index (κ1) is 22.7. The molecule has 174 valence electrons. The molecular formula is C22H22F4N6O. The van der Waals surface area contributed by atoms with Gasteiger partial charge in [-0.1, -0.05) is 0 Å². The molecule has 7 nitrogen and oxygen atoms in total. The van der Waals surface area contributed by atoms with Crippen LogP contribution < -0.4 is 10.6 Å². The molecular weight excluding hydrogens is 440 g/mol. The number of halogens is 4. The van der Waals surface area contributed by atoms with Gasteiger partial charge in [0, 0.05) is 49.9 Å². The zero-order valence-electron chi connectivity index (χ0n) is 18.0. The summed E-state index contributed by atoms with van der Waals surface area (Å²) in [5.41, 5.74) is 2.40. The SMILES string of the molecule is CNc1ncc2cc(-c3cc(NC(=O)N4CCC(CC(F)(F)F)C4)c(F)cc3C)cnc2n1. The minimum atomic E-state index is -4.28. The molecule has 1 unspecified atom stereocenters. The molecule has 2 aromatic heterocycles. The van der Waals surface area contributed by atoms with Crippen molar-refractivity contribution in [3.05, 3.63) is 42.0 Å². The summed E-state index contributed by atoms with van der Waals surface area (Å²) in [5, 5.41) is 6.03. The number of hydrogen-bond donors (Lipinski definition) is 2. The lowest BCUT2D eigenvalue weighted by Gasteiger charge is -2.19. The highest BCUT2D eigenvalue weighted by Crippen LogP contribution is 2.32. The Kier molecular flexibility index (Phi) is 6.05. The molecule has 1 aliphatic heterocycles. The van der Waals surface area contributed by atoms with Crippen LogP contribution in [0.3, 0.4) is 0 Å². The van der Waals surface area contributed by atoms with Gasteiger partial charge in [0.05, 0.1) is 5.69 Å². The summed E-state index contributed by atoms with van der Waals surface area (Å²) in [6.45, 7) is 1.90. The standard InChI is InChI=1S/C22H22F4N6O/c1-12-5-17(23)18(30-21(33)32-4-3-13(11-32)8-22(24,25)26)7-16(12)14-6-15-10-29-20(27-2)31-19(15)28-9-14/h5-7,9-10,13H,3-4,8,11H2,1-2H3,(H,30,33)(H,27,28,29,31). The number of likely N-dealkylation sites (tertiary alicyclic amines) is 1. The van der Waals surface area contributed by atoms with Crippen molar-refractivity contribution in [3.63, 3.8) is 0 Å². The number of nitrogens with zero attached hydrogens (tertiary/aromatic N) is 4. The van der Waals surface area contributed by atoms with Crippen molar-refractivity contribution in [3.8, 4) is 11.1 Å². The molecule has 0 aliphatic carbocycles. The second kappa shape index (κ2) is 8.80. The molecule has 33 heavy (non-hydrogen) atoms. The number of rotatable bonds is 4. The number of carbonyl (C=O) groups is 1. The number of benzene rings is 1. The van der Waals surface area contributed by atoms with Gasteiger partial charge in [-0.3, -0.25) is 0 Å². The number of aromatic nitrogens is 3. The fourth-order valence-electron chi connectivity index (χ4n) is 3.98. The Morgan fingerprint density at radius 3 is 2.73 bits per heavy atom. The highest BCUT2D eigenvalue weighted by Gasteiger charge is 2.36. The Morgan fingerprint density at radius 1 is 1.21 bits per heavy atom. The second-order valence-electron chi connectivity index (χ2n) is 8.08. The summed E-state index contributed by atoms with van der Waals surface area (Å²) < 4.78 is 52.5. The number of carbonyl (C=O) groups excluding carboxylic acids is 1. The number of amides is 2. The third kappa shape index (κ3) is 5.12. The monoisotopic (exact) mass is 462 g/mol. The van der Waals surface area contributed by atoms with Crippen molar-refractivity contribution >= 4 is 28.7 Å².